The molecule has 0 unspecified atom stereocenters. The molecular formula is C7H6BrF2NO. The number of ether oxygens (including phenoxy) is 1. The van der Waals surface area contributed by atoms with Gasteiger partial charge in [-0.2, -0.15) is 0 Å². The van der Waals surface area contributed by atoms with Crippen molar-refractivity contribution in [2.45, 2.75) is 6.43 Å². The Morgan fingerprint density at radius 1 is 1.50 bits per heavy atom. The fourth-order valence-corrected chi connectivity index (χ4v) is 1.16. The second kappa shape index (κ2) is 3.80. The van der Waals surface area contributed by atoms with Crippen molar-refractivity contribution in [2.75, 3.05) is 7.11 Å². The zero-order chi connectivity index (χ0) is 9.14. The molecule has 1 aromatic heterocycles. The number of hydrogen-bond acceptors (Lipinski definition) is 2. The first-order chi connectivity index (χ1) is 5.63. The number of aromatic nitrogens is 1. The molecule has 0 aliphatic rings. The summed E-state index contributed by atoms with van der Waals surface area (Å²) in [7, 11) is 1.38. The first kappa shape index (κ1) is 9.38. The van der Waals surface area contributed by atoms with Crippen LogP contribution in [0, 0.1) is 0 Å². The second-order valence-electron chi connectivity index (χ2n) is 2.07. The lowest BCUT2D eigenvalue weighted by Crippen LogP contribution is -1.91. The van der Waals surface area contributed by atoms with Crippen molar-refractivity contribution in [2.24, 2.45) is 0 Å². The van der Waals surface area contributed by atoms with Crippen molar-refractivity contribution in [3.8, 4) is 5.88 Å². The van der Waals surface area contributed by atoms with Crippen LogP contribution < -0.4 is 4.74 Å². The second-order valence-corrected chi connectivity index (χ2v) is 2.88. The highest BCUT2D eigenvalue weighted by atomic mass is 79.9. The van der Waals surface area contributed by atoms with Gasteiger partial charge in [0.25, 0.3) is 6.43 Å². The molecule has 0 aromatic carbocycles. The predicted octanol–water partition coefficient (Wildman–Crippen LogP) is 2.79. The van der Waals surface area contributed by atoms with Crippen molar-refractivity contribution in [1.82, 2.24) is 4.98 Å². The maximum Gasteiger partial charge on any atom is 0.264 e. The van der Waals surface area contributed by atoms with Crippen LogP contribution in [0.15, 0.2) is 16.7 Å². The molecule has 0 amide bonds. The van der Waals surface area contributed by atoms with Gasteiger partial charge in [0, 0.05) is 11.6 Å². The molecule has 0 fully saturated rings. The van der Waals surface area contributed by atoms with E-state index in [0.29, 0.717) is 4.60 Å². The molecule has 0 spiro atoms. The highest BCUT2D eigenvalue weighted by Crippen LogP contribution is 2.24. The summed E-state index contributed by atoms with van der Waals surface area (Å²) < 4.78 is 29.4. The summed E-state index contributed by atoms with van der Waals surface area (Å²) in [5.41, 5.74) is -0.103. The van der Waals surface area contributed by atoms with Crippen molar-refractivity contribution < 1.29 is 13.5 Å². The van der Waals surface area contributed by atoms with E-state index in [9.17, 15) is 8.78 Å². The molecule has 0 saturated carbocycles. The fraction of sp³-hybridized carbons (Fsp3) is 0.286. The van der Waals surface area contributed by atoms with Crippen molar-refractivity contribution in [1.29, 1.82) is 0 Å². The average Bonchev–Trinajstić information content (AvgIpc) is 2.03. The summed E-state index contributed by atoms with van der Waals surface area (Å²) in [6, 6.07) is 2.46. The monoisotopic (exact) mass is 237 g/mol. The Kier molecular flexibility index (Phi) is 2.97. The SMILES string of the molecule is COc1cc(C(F)F)cc(Br)n1. The molecule has 0 atom stereocenters. The molecule has 1 aromatic rings. The Hall–Kier alpha value is -0.710. The molecule has 2 nitrogen and oxygen atoms in total. The third-order valence-corrected chi connectivity index (χ3v) is 1.66. The Morgan fingerprint density at radius 2 is 2.17 bits per heavy atom. The van der Waals surface area contributed by atoms with E-state index in [1.807, 2.05) is 0 Å². The van der Waals surface area contributed by atoms with E-state index >= 15 is 0 Å². The van der Waals surface area contributed by atoms with Gasteiger partial charge in [-0.3, -0.25) is 0 Å². The van der Waals surface area contributed by atoms with E-state index in [4.69, 9.17) is 4.74 Å². The minimum atomic E-state index is -2.50. The van der Waals surface area contributed by atoms with Gasteiger partial charge in [-0.25, -0.2) is 13.8 Å². The van der Waals surface area contributed by atoms with E-state index in [1.54, 1.807) is 0 Å². The zero-order valence-electron chi connectivity index (χ0n) is 6.22. The highest BCUT2D eigenvalue weighted by molar-refractivity contribution is 9.10. The van der Waals surface area contributed by atoms with E-state index in [2.05, 4.69) is 20.9 Å². The number of halogens is 3. The van der Waals surface area contributed by atoms with Crippen LogP contribution >= 0.6 is 15.9 Å². The van der Waals surface area contributed by atoms with Crippen molar-refractivity contribution in [3.63, 3.8) is 0 Å². The largest absolute Gasteiger partial charge is 0.481 e. The number of nitrogens with zero attached hydrogens (tertiary/aromatic N) is 1. The van der Waals surface area contributed by atoms with Crippen LogP contribution in [0.25, 0.3) is 0 Å². The van der Waals surface area contributed by atoms with E-state index in [1.165, 1.54) is 19.2 Å². The minimum Gasteiger partial charge on any atom is -0.481 e. The van der Waals surface area contributed by atoms with Crippen LogP contribution in [0.3, 0.4) is 0 Å². The molecule has 66 valence electrons. The normalized spacial score (nSPS) is 10.4. The number of methoxy groups -OCH3 is 1. The van der Waals surface area contributed by atoms with Crippen molar-refractivity contribution in [3.05, 3.63) is 22.3 Å². The summed E-state index contributed by atoms with van der Waals surface area (Å²) in [4.78, 5) is 3.80. The van der Waals surface area contributed by atoms with Gasteiger partial charge in [-0.05, 0) is 22.0 Å². The summed E-state index contributed by atoms with van der Waals surface area (Å²) in [5, 5.41) is 0. The molecular weight excluding hydrogens is 232 g/mol. The Morgan fingerprint density at radius 3 is 2.67 bits per heavy atom. The van der Waals surface area contributed by atoms with Crippen LogP contribution in [-0.2, 0) is 0 Å². The molecule has 0 bridgehead atoms. The molecule has 5 heteroatoms. The lowest BCUT2D eigenvalue weighted by atomic mass is 10.3. The van der Waals surface area contributed by atoms with Gasteiger partial charge in [-0.15, -0.1) is 0 Å². The molecule has 1 rings (SSSR count). The first-order valence-corrected chi connectivity index (χ1v) is 3.92. The third kappa shape index (κ3) is 2.14. The fourth-order valence-electron chi connectivity index (χ4n) is 0.722. The lowest BCUT2D eigenvalue weighted by Gasteiger charge is -2.03. The number of hydrogen-bond donors (Lipinski definition) is 0. The predicted molar refractivity (Wildman–Crippen MR) is 43.4 cm³/mol. The number of rotatable bonds is 2. The van der Waals surface area contributed by atoms with Gasteiger partial charge in [-0.1, -0.05) is 0 Å². The minimum absolute atomic E-state index is 0.103. The molecule has 0 radical (unpaired) electrons. The molecule has 0 N–H and O–H groups in total. The Labute approximate surface area is 76.7 Å². The maximum atomic E-state index is 12.2. The van der Waals surface area contributed by atoms with Gasteiger partial charge in [0.05, 0.1) is 7.11 Å². The number of alkyl halides is 2. The maximum absolute atomic E-state index is 12.2. The van der Waals surface area contributed by atoms with Crippen molar-refractivity contribution >= 4 is 15.9 Å². The van der Waals surface area contributed by atoms with Crippen LogP contribution in [0.5, 0.6) is 5.88 Å². The average molecular weight is 238 g/mol. The van der Waals surface area contributed by atoms with Crippen LogP contribution in [-0.4, -0.2) is 12.1 Å². The van der Waals surface area contributed by atoms with E-state index in [0.717, 1.165) is 0 Å². The summed E-state index contributed by atoms with van der Waals surface area (Å²) in [6.07, 6.45) is -2.50. The summed E-state index contributed by atoms with van der Waals surface area (Å²) >= 11 is 3.00. The van der Waals surface area contributed by atoms with Gasteiger partial charge in [0.1, 0.15) is 4.60 Å². The van der Waals surface area contributed by atoms with Crippen LogP contribution in [0.2, 0.25) is 0 Å². The van der Waals surface area contributed by atoms with E-state index in [-0.39, 0.29) is 11.4 Å². The van der Waals surface area contributed by atoms with Gasteiger partial charge in [0.2, 0.25) is 5.88 Å². The molecule has 0 saturated heterocycles. The van der Waals surface area contributed by atoms with Gasteiger partial charge in [0.15, 0.2) is 0 Å². The smallest absolute Gasteiger partial charge is 0.264 e. The van der Waals surface area contributed by atoms with Gasteiger partial charge >= 0.3 is 0 Å². The summed E-state index contributed by atoms with van der Waals surface area (Å²) in [5.74, 6) is 0.180. The molecule has 0 aliphatic carbocycles. The lowest BCUT2D eigenvalue weighted by molar-refractivity contribution is 0.150. The number of pyridine rings is 1. The highest BCUT2D eigenvalue weighted by Gasteiger charge is 2.09. The molecule has 0 aliphatic heterocycles. The third-order valence-electron chi connectivity index (χ3n) is 1.25. The topological polar surface area (TPSA) is 22.1 Å². The van der Waals surface area contributed by atoms with Crippen LogP contribution in [0.4, 0.5) is 8.78 Å². The molecule has 1 heterocycles. The Bertz CT molecular complexity index is 280. The Balaban J connectivity index is 3.06. The molecule has 12 heavy (non-hydrogen) atoms. The van der Waals surface area contributed by atoms with Gasteiger partial charge < -0.3 is 4.74 Å². The standard InChI is InChI=1S/C7H6BrF2NO/c1-12-6-3-4(7(9)10)2-5(8)11-6/h2-3,7H,1H3. The quantitative estimate of drug-likeness (QED) is 0.739. The van der Waals surface area contributed by atoms with E-state index < -0.39 is 6.43 Å². The zero-order valence-corrected chi connectivity index (χ0v) is 7.81. The van der Waals surface area contributed by atoms with Crippen LogP contribution in [0.1, 0.15) is 12.0 Å². The first-order valence-electron chi connectivity index (χ1n) is 3.13. The summed E-state index contributed by atoms with van der Waals surface area (Å²) in [6.45, 7) is 0.